The number of nitro groups is 1. The van der Waals surface area contributed by atoms with Gasteiger partial charge in [-0.2, -0.15) is 0 Å². The van der Waals surface area contributed by atoms with Gasteiger partial charge in [0.15, 0.2) is 5.96 Å². The van der Waals surface area contributed by atoms with Gasteiger partial charge in [0.05, 0.1) is 11.5 Å². The van der Waals surface area contributed by atoms with E-state index in [0.717, 1.165) is 44.0 Å². The predicted octanol–water partition coefficient (Wildman–Crippen LogP) is 3.94. The van der Waals surface area contributed by atoms with Crippen molar-refractivity contribution in [3.8, 4) is 0 Å². The van der Waals surface area contributed by atoms with Crippen LogP contribution in [0.2, 0.25) is 0 Å². The minimum Gasteiger partial charge on any atom is -0.369 e. The molecule has 0 saturated carbocycles. The molecule has 1 atom stereocenters. The summed E-state index contributed by atoms with van der Waals surface area (Å²) in [5, 5.41) is 17.8. The van der Waals surface area contributed by atoms with Crippen LogP contribution < -0.4 is 15.5 Å². The number of rotatable bonds is 6. The van der Waals surface area contributed by atoms with Gasteiger partial charge in [-0.25, -0.2) is 4.99 Å². The lowest BCUT2D eigenvalue weighted by molar-refractivity contribution is -0.384. The fourth-order valence-electron chi connectivity index (χ4n) is 3.42. The van der Waals surface area contributed by atoms with Gasteiger partial charge in [-0.3, -0.25) is 10.1 Å². The Hall–Kier alpha value is -2.36. The molecule has 1 unspecified atom stereocenters. The van der Waals surface area contributed by atoms with Crippen molar-refractivity contribution in [3.63, 3.8) is 0 Å². The molecule has 3 rings (SSSR count). The van der Waals surface area contributed by atoms with Crippen molar-refractivity contribution in [1.82, 2.24) is 10.6 Å². The van der Waals surface area contributed by atoms with E-state index in [1.807, 2.05) is 19.1 Å². The zero-order valence-electron chi connectivity index (χ0n) is 16.6. The number of benzene rings is 2. The molecule has 0 amide bonds. The second kappa shape index (κ2) is 11.6. The van der Waals surface area contributed by atoms with Gasteiger partial charge in [0.2, 0.25) is 0 Å². The molecule has 2 aromatic rings. The summed E-state index contributed by atoms with van der Waals surface area (Å²) in [6.45, 7) is 5.17. The van der Waals surface area contributed by atoms with Gasteiger partial charge < -0.3 is 15.5 Å². The first-order valence-corrected chi connectivity index (χ1v) is 9.74. The van der Waals surface area contributed by atoms with E-state index >= 15 is 0 Å². The Morgan fingerprint density at radius 1 is 1.24 bits per heavy atom. The molecule has 2 N–H and O–H groups in total. The molecule has 0 aromatic heterocycles. The van der Waals surface area contributed by atoms with Crippen LogP contribution in [0.4, 0.5) is 11.4 Å². The Kier molecular flexibility index (Phi) is 9.17. The van der Waals surface area contributed by atoms with Crippen molar-refractivity contribution >= 4 is 41.3 Å². The van der Waals surface area contributed by atoms with Crippen LogP contribution in [-0.4, -0.2) is 36.6 Å². The smallest absolute Gasteiger partial charge is 0.269 e. The Bertz CT molecular complexity index is 816. The molecule has 1 aliphatic heterocycles. The van der Waals surface area contributed by atoms with Crippen LogP contribution in [-0.2, 0) is 6.54 Å². The number of piperidine rings is 1. The highest BCUT2D eigenvalue weighted by molar-refractivity contribution is 14.0. The van der Waals surface area contributed by atoms with Crippen molar-refractivity contribution in [2.24, 2.45) is 4.99 Å². The molecule has 0 spiro atoms. The maximum Gasteiger partial charge on any atom is 0.269 e. The molecule has 0 bridgehead atoms. The first-order chi connectivity index (χ1) is 13.7. The van der Waals surface area contributed by atoms with Gasteiger partial charge in [0.25, 0.3) is 5.69 Å². The maximum atomic E-state index is 10.9. The van der Waals surface area contributed by atoms with Crippen LogP contribution in [0.15, 0.2) is 59.6 Å². The third kappa shape index (κ3) is 6.88. The summed E-state index contributed by atoms with van der Waals surface area (Å²) in [6, 6.07) is 17.4. The van der Waals surface area contributed by atoms with Crippen molar-refractivity contribution in [2.45, 2.75) is 32.4 Å². The van der Waals surface area contributed by atoms with Gasteiger partial charge in [-0.15, -0.1) is 24.0 Å². The minimum atomic E-state index is -0.378. The summed E-state index contributed by atoms with van der Waals surface area (Å²) >= 11 is 0. The summed E-state index contributed by atoms with van der Waals surface area (Å²) in [5.74, 6) is 0.744. The van der Waals surface area contributed by atoms with Crippen LogP contribution in [0.5, 0.6) is 0 Å². The van der Waals surface area contributed by atoms with Gasteiger partial charge >= 0.3 is 0 Å². The molecule has 29 heavy (non-hydrogen) atoms. The molecule has 8 heteroatoms. The Labute approximate surface area is 188 Å². The highest BCUT2D eigenvalue weighted by atomic mass is 127. The van der Waals surface area contributed by atoms with Crippen LogP contribution in [0.1, 0.15) is 25.3 Å². The summed E-state index contributed by atoms with van der Waals surface area (Å²) in [4.78, 5) is 17.6. The number of aliphatic imine (C=N–C) groups is 1. The first-order valence-electron chi connectivity index (χ1n) is 9.74. The number of nitro benzene ring substituents is 1. The summed E-state index contributed by atoms with van der Waals surface area (Å²) < 4.78 is 0. The van der Waals surface area contributed by atoms with E-state index in [4.69, 9.17) is 0 Å². The molecule has 1 fully saturated rings. The van der Waals surface area contributed by atoms with Crippen molar-refractivity contribution in [1.29, 1.82) is 0 Å². The van der Waals surface area contributed by atoms with Crippen molar-refractivity contribution < 1.29 is 4.92 Å². The second-order valence-electron chi connectivity index (χ2n) is 6.89. The average Bonchev–Trinajstić information content (AvgIpc) is 2.73. The molecule has 0 aliphatic carbocycles. The van der Waals surface area contributed by atoms with E-state index in [9.17, 15) is 10.1 Å². The standard InChI is InChI=1S/C21H27N5O2.HI/c1-2-22-21(23-15-17-8-6-12-20(14-17)26(27)28)24-18-9-7-13-25(16-18)19-10-4-3-5-11-19;/h3-6,8,10-12,14,18H,2,7,9,13,15-16H2,1H3,(H2,22,23,24);1H. The largest absolute Gasteiger partial charge is 0.369 e. The minimum absolute atomic E-state index is 0. The van der Waals surface area contributed by atoms with Gasteiger partial charge in [-0.1, -0.05) is 30.3 Å². The normalized spacial score (nSPS) is 16.7. The number of anilines is 1. The fourth-order valence-corrected chi connectivity index (χ4v) is 3.42. The number of nitrogens with zero attached hydrogens (tertiary/aromatic N) is 3. The lowest BCUT2D eigenvalue weighted by Gasteiger charge is -2.35. The number of halogens is 1. The molecule has 7 nitrogen and oxygen atoms in total. The molecular weight excluding hydrogens is 481 g/mol. The van der Waals surface area contributed by atoms with E-state index in [1.54, 1.807) is 12.1 Å². The van der Waals surface area contributed by atoms with E-state index in [0.29, 0.717) is 12.6 Å². The fraction of sp³-hybridized carbons (Fsp3) is 0.381. The Morgan fingerprint density at radius 3 is 2.76 bits per heavy atom. The lowest BCUT2D eigenvalue weighted by Crippen LogP contribution is -2.51. The van der Waals surface area contributed by atoms with E-state index in [-0.39, 0.29) is 34.6 Å². The molecule has 1 aliphatic rings. The highest BCUT2D eigenvalue weighted by Crippen LogP contribution is 2.19. The monoisotopic (exact) mass is 509 g/mol. The topological polar surface area (TPSA) is 82.8 Å². The maximum absolute atomic E-state index is 10.9. The average molecular weight is 509 g/mol. The lowest BCUT2D eigenvalue weighted by atomic mass is 10.1. The summed E-state index contributed by atoms with van der Waals surface area (Å²) in [6.07, 6.45) is 2.21. The molecule has 2 aromatic carbocycles. The Balaban J connectivity index is 0.00000300. The first kappa shape index (κ1) is 22.9. The molecule has 1 saturated heterocycles. The Morgan fingerprint density at radius 2 is 2.03 bits per heavy atom. The van der Waals surface area contributed by atoms with E-state index in [2.05, 4.69) is 44.8 Å². The van der Waals surface area contributed by atoms with Crippen molar-refractivity contribution in [2.75, 3.05) is 24.5 Å². The molecular formula is C21H28IN5O2. The zero-order chi connectivity index (χ0) is 19.8. The zero-order valence-corrected chi connectivity index (χ0v) is 18.9. The quantitative estimate of drug-likeness (QED) is 0.203. The van der Waals surface area contributed by atoms with Crippen LogP contribution in [0.25, 0.3) is 0 Å². The second-order valence-corrected chi connectivity index (χ2v) is 6.89. The molecule has 1 heterocycles. The van der Waals surface area contributed by atoms with Gasteiger partial charge in [0, 0.05) is 43.5 Å². The van der Waals surface area contributed by atoms with Crippen molar-refractivity contribution in [3.05, 3.63) is 70.3 Å². The highest BCUT2D eigenvalue weighted by Gasteiger charge is 2.20. The third-order valence-corrected chi connectivity index (χ3v) is 4.77. The SMILES string of the molecule is CCNC(=NCc1cccc([N+](=O)[O-])c1)NC1CCCN(c2ccccc2)C1.I. The number of non-ortho nitro benzene ring substituents is 1. The predicted molar refractivity (Wildman–Crippen MR) is 128 cm³/mol. The molecule has 156 valence electrons. The number of guanidine groups is 1. The third-order valence-electron chi connectivity index (χ3n) is 4.77. The van der Waals surface area contributed by atoms with Crippen LogP contribution >= 0.6 is 24.0 Å². The summed E-state index contributed by atoms with van der Waals surface area (Å²) in [5.41, 5.74) is 2.16. The van der Waals surface area contributed by atoms with Crippen LogP contribution in [0.3, 0.4) is 0 Å². The van der Waals surface area contributed by atoms with Gasteiger partial charge in [-0.05, 0) is 37.5 Å². The van der Waals surface area contributed by atoms with Crippen LogP contribution in [0, 0.1) is 10.1 Å². The summed E-state index contributed by atoms with van der Waals surface area (Å²) in [7, 11) is 0. The number of hydrogen-bond donors (Lipinski definition) is 2. The number of hydrogen-bond acceptors (Lipinski definition) is 4. The van der Waals surface area contributed by atoms with E-state index in [1.165, 1.54) is 11.8 Å². The molecule has 0 radical (unpaired) electrons. The number of para-hydroxylation sites is 1. The van der Waals surface area contributed by atoms with Gasteiger partial charge in [0.1, 0.15) is 0 Å². The van der Waals surface area contributed by atoms with E-state index < -0.39 is 0 Å². The number of nitrogens with one attached hydrogen (secondary N) is 2.